The highest BCUT2D eigenvalue weighted by atomic mass is 35.5. The zero-order valence-electron chi connectivity index (χ0n) is 14.7. The molecule has 0 unspecified atom stereocenters. The highest BCUT2D eigenvalue weighted by Crippen LogP contribution is 2.29. The summed E-state index contributed by atoms with van der Waals surface area (Å²) in [6, 6.07) is 24.0. The molecule has 0 amide bonds. The van der Waals surface area contributed by atoms with Gasteiger partial charge in [-0.2, -0.15) is 0 Å². The summed E-state index contributed by atoms with van der Waals surface area (Å²) in [7, 11) is 0. The van der Waals surface area contributed by atoms with Crippen molar-refractivity contribution >= 4 is 51.0 Å². The number of anilines is 2. The monoisotopic (exact) mass is 388 g/mol. The second-order valence-corrected chi connectivity index (χ2v) is 7.16. The molecule has 4 rings (SSSR count). The second kappa shape index (κ2) is 7.47. The molecule has 0 spiro atoms. The number of nitrogens with zero attached hydrogens (tertiary/aromatic N) is 1. The van der Waals surface area contributed by atoms with Crippen molar-refractivity contribution in [2.24, 2.45) is 0 Å². The van der Waals surface area contributed by atoms with Crippen LogP contribution in [-0.2, 0) is 0 Å². The molecular formula is C23H17ClN2S. The fourth-order valence-electron chi connectivity index (χ4n) is 3.11. The van der Waals surface area contributed by atoms with Crippen LogP contribution in [-0.4, -0.2) is 9.85 Å². The quantitative estimate of drug-likeness (QED) is 0.310. The number of aryl methyl sites for hydroxylation is 1. The van der Waals surface area contributed by atoms with Crippen molar-refractivity contribution in [3.05, 3.63) is 101 Å². The van der Waals surface area contributed by atoms with Crippen LogP contribution in [0.2, 0.25) is 5.02 Å². The molecule has 1 N–H and O–H groups in total. The predicted molar refractivity (Wildman–Crippen MR) is 118 cm³/mol. The number of thiocarbonyl (C=S) groups is 1. The molecule has 0 saturated carbocycles. The maximum absolute atomic E-state index is 6.57. The van der Waals surface area contributed by atoms with E-state index >= 15 is 0 Å². The number of para-hydroxylation sites is 1. The fourth-order valence-corrected chi connectivity index (χ4v) is 3.85. The van der Waals surface area contributed by atoms with E-state index in [0.29, 0.717) is 5.02 Å². The van der Waals surface area contributed by atoms with Gasteiger partial charge in [-0.25, -0.2) is 0 Å². The molecule has 0 atom stereocenters. The van der Waals surface area contributed by atoms with Gasteiger partial charge in [0.2, 0.25) is 0 Å². The highest BCUT2D eigenvalue weighted by molar-refractivity contribution is 7.81. The van der Waals surface area contributed by atoms with Crippen LogP contribution in [0.4, 0.5) is 11.4 Å². The van der Waals surface area contributed by atoms with E-state index < -0.39 is 0 Å². The summed E-state index contributed by atoms with van der Waals surface area (Å²) >= 11 is 12.3. The molecule has 0 bridgehead atoms. The first kappa shape index (κ1) is 17.7. The van der Waals surface area contributed by atoms with Crippen molar-refractivity contribution in [3.63, 3.8) is 0 Å². The van der Waals surface area contributed by atoms with Gasteiger partial charge in [0.1, 0.15) is 0 Å². The van der Waals surface area contributed by atoms with E-state index in [2.05, 4.69) is 23.3 Å². The van der Waals surface area contributed by atoms with Gasteiger partial charge in [-0.1, -0.05) is 66.3 Å². The SMILES string of the molecule is Cc1ccccc1C(=S)c1ccc(Nc2cccc3cccnc23)cc1Cl. The van der Waals surface area contributed by atoms with Gasteiger partial charge >= 0.3 is 0 Å². The first-order chi connectivity index (χ1) is 13.1. The minimum Gasteiger partial charge on any atom is -0.354 e. The molecule has 4 heteroatoms. The number of nitrogens with one attached hydrogen (secondary N) is 1. The summed E-state index contributed by atoms with van der Waals surface area (Å²) < 4.78 is 0. The minimum absolute atomic E-state index is 0.626. The van der Waals surface area contributed by atoms with Crippen molar-refractivity contribution in [2.75, 3.05) is 5.32 Å². The summed E-state index contributed by atoms with van der Waals surface area (Å²) in [6.07, 6.45) is 1.80. The van der Waals surface area contributed by atoms with Gasteiger partial charge < -0.3 is 5.32 Å². The third-order valence-electron chi connectivity index (χ3n) is 4.52. The average molecular weight is 389 g/mol. The van der Waals surface area contributed by atoms with Crippen molar-refractivity contribution in [2.45, 2.75) is 6.92 Å². The molecule has 0 fully saturated rings. The van der Waals surface area contributed by atoms with E-state index in [0.717, 1.165) is 43.8 Å². The molecule has 132 valence electrons. The maximum Gasteiger partial charge on any atom is 0.0936 e. The standard InChI is InChI=1S/C23H17ClN2S/c1-15-6-2-3-9-18(15)23(27)19-12-11-17(14-20(19)24)26-21-10-4-7-16-8-5-13-25-22(16)21/h2-14,26H,1H3. The van der Waals surface area contributed by atoms with E-state index in [1.807, 2.05) is 66.7 Å². The molecule has 1 heterocycles. The van der Waals surface area contributed by atoms with Crippen LogP contribution in [0, 0.1) is 6.92 Å². The Kier molecular flexibility index (Phi) is 4.88. The molecule has 0 saturated heterocycles. The zero-order valence-corrected chi connectivity index (χ0v) is 16.3. The van der Waals surface area contributed by atoms with Gasteiger partial charge in [-0.05, 0) is 48.4 Å². The van der Waals surface area contributed by atoms with Gasteiger partial charge in [0, 0.05) is 22.8 Å². The summed E-state index contributed by atoms with van der Waals surface area (Å²) in [5, 5.41) is 5.13. The van der Waals surface area contributed by atoms with Crippen molar-refractivity contribution in [1.29, 1.82) is 0 Å². The van der Waals surface area contributed by atoms with Crippen LogP contribution in [0.1, 0.15) is 16.7 Å². The Morgan fingerprint density at radius 1 is 0.926 bits per heavy atom. The smallest absolute Gasteiger partial charge is 0.0936 e. The molecule has 0 aliphatic heterocycles. The Morgan fingerprint density at radius 3 is 2.56 bits per heavy atom. The number of fused-ring (bicyclic) bond motifs is 1. The lowest BCUT2D eigenvalue weighted by Gasteiger charge is -2.13. The topological polar surface area (TPSA) is 24.9 Å². The van der Waals surface area contributed by atoms with E-state index in [1.54, 1.807) is 6.20 Å². The summed E-state index contributed by atoms with van der Waals surface area (Å²) in [5.41, 5.74) is 5.81. The normalized spacial score (nSPS) is 10.7. The number of aromatic nitrogens is 1. The van der Waals surface area contributed by atoms with E-state index in [-0.39, 0.29) is 0 Å². The molecule has 4 aromatic rings. The van der Waals surface area contributed by atoms with Crippen LogP contribution < -0.4 is 5.32 Å². The molecule has 0 radical (unpaired) electrons. The number of hydrogen-bond acceptors (Lipinski definition) is 3. The molecular weight excluding hydrogens is 372 g/mol. The number of halogens is 1. The number of hydrogen-bond donors (Lipinski definition) is 1. The Balaban J connectivity index is 1.66. The van der Waals surface area contributed by atoms with E-state index in [1.165, 1.54) is 0 Å². The van der Waals surface area contributed by atoms with Gasteiger partial charge in [-0.15, -0.1) is 0 Å². The second-order valence-electron chi connectivity index (χ2n) is 6.34. The predicted octanol–water partition coefficient (Wildman–Crippen LogP) is 6.71. The summed E-state index contributed by atoms with van der Waals surface area (Å²) in [5.74, 6) is 0. The highest BCUT2D eigenvalue weighted by Gasteiger charge is 2.12. The van der Waals surface area contributed by atoms with Crippen LogP contribution in [0.25, 0.3) is 10.9 Å². The largest absolute Gasteiger partial charge is 0.354 e. The minimum atomic E-state index is 0.626. The Bertz CT molecular complexity index is 1150. The summed E-state index contributed by atoms with van der Waals surface area (Å²) in [6.45, 7) is 2.05. The average Bonchev–Trinajstić information content (AvgIpc) is 2.68. The number of pyridine rings is 1. The fraction of sp³-hybridized carbons (Fsp3) is 0.0435. The Morgan fingerprint density at radius 2 is 1.74 bits per heavy atom. The number of benzene rings is 3. The van der Waals surface area contributed by atoms with Crippen LogP contribution in [0.5, 0.6) is 0 Å². The third kappa shape index (κ3) is 3.57. The van der Waals surface area contributed by atoms with Crippen molar-refractivity contribution < 1.29 is 0 Å². The van der Waals surface area contributed by atoms with Crippen molar-refractivity contribution in [1.82, 2.24) is 4.98 Å². The molecule has 3 aromatic carbocycles. The Labute approximate surface area is 168 Å². The molecule has 0 aliphatic rings. The first-order valence-electron chi connectivity index (χ1n) is 8.64. The lowest BCUT2D eigenvalue weighted by atomic mass is 10.00. The molecule has 1 aromatic heterocycles. The first-order valence-corrected chi connectivity index (χ1v) is 9.43. The van der Waals surface area contributed by atoms with E-state index in [4.69, 9.17) is 23.8 Å². The molecule has 2 nitrogen and oxygen atoms in total. The van der Waals surface area contributed by atoms with Gasteiger partial charge in [0.15, 0.2) is 0 Å². The van der Waals surface area contributed by atoms with Gasteiger partial charge in [0.05, 0.1) is 21.1 Å². The van der Waals surface area contributed by atoms with Gasteiger partial charge in [-0.3, -0.25) is 4.98 Å². The van der Waals surface area contributed by atoms with Crippen LogP contribution in [0.15, 0.2) is 79.0 Å². The van der Waals surface area contributed by atoms with Crippen LogP contribution >= 0.6 is 23.8 Å². The van der Waals surface area contributed by atoms with Gasteiger partial charge in [0.25, 0.3) is 0 Å². The van der Waals surface area contributed by atoms with E-state index in [9.17, 15) is 0 Å². The lowest BCUT2D eigenvalue weighted by molar-refractivity contribution is 1.40. The molecule has 0 aliphatic carbocycles. The molecule has 27 heavy (non-hydrogen) atoms. The maximum atomic E-state index is 6.57. The Hall–Kier alpha value is -2.75. The number of rotatable bonds is 4. The summed E-state index contributed by atoms with van der Waals surface area (Å²) in [4.78, 5) is 5.24. The van der Waals surface area contributed by atoms with Crippen LogP contribution in [0.3, 0.4) is 0 Å². The lowest BCUT2D eigenvalue weighted by Crippen LogP contribution is -2.03. The van der Waals surface area contributed by atoms with Crippen molar-refractivity contribution in [3.8, 4) is 0 Å². The zero-order chi connectivity index (χ0) is 18.8. The third-order valence-corrected chi connectivity index (χ3v) is 5.27.